The fourth-order valence-electron chi connectivity index (χ4n) is 2.08. The number of anilines is 1. The molecule has 2 aromatic rings. The Balaban J connectivity index is 2.47. The van der Waals surface area contributed by atoms with E-state index in [-0.39, 0.29) is 14.8 Å². The fraction of sp³-hybridized carbons (Fsp3) is 0.294. The van der Waals surface area contributed by atoms with Crippen molar-refractivity contribution in [2.75, 3.05) is 5.32 Å². The Labute approximate surface area is 151 Å². The maximum atomic E-state index is 12.6. The van der Waals surface area contributed by atoms with Gasteiger partial charge in [-0.15, -0.1) is 11.3 Å². The van der Waals surface area contributed by atoms with Crippen LogP contribution in [0.5, 0.6) is 0 Å². The summed E-state index contributed by atoms with van der Waals surface area (Å²) in [5.74, 6) is -1.23. The third kappa shape index (κ3) is 3.74. The quantitative estimate of drug-likeness (QED) is 0.850. The van der Waals surface area contributed by atoms with Crippen molar-refractivity contribution in [3.8, 4) is 0 Å². The zero-order valence-corrected chi connectivity index (χ0v) is 16.0. The Bertz CT molecular complexity index is 938. The fourth-order valence-corrected chi connectivity index (χ4v) is 5.18. The molecule has 0 aliphatic carbocycles. The molecule has 1 aromatic heterocycles. The van der Waals surface area contributed by atoms with Gasteiger partial charge in [0.2, 0.25) is 0 Å². The summed E-state index contributed by atoms with van der Waals surface area (Å²) in [5, 5.41) is 2.74. The lowest BCUT2D eigenvalue weighted by Gasteiger charge is -2.17. The number of carbonyl (C=O) groups is 2. The molecule has 3 N–H and O–H groups in total. The Morgan fingerprint density at radius 1 is 1.12 bits per heavy atom. The van der Waals surface area contributed by atoms with Crippen molar-refractivity contribution in [3.63, 3.8) is 0 Å². The third-order valence-corrected chi connectivity index (χ3v) is 7.68. The van der Waals surface area contributed by atoms with E-state index in [1.807, 2.05) is 0 Å². The molecule has 25 heavy (non-hydrogen) atoms. The van der Waals surface area contributed by atoms with E-state index in [0.717, 1.165) is 16.9 Å². The molecular formula is C17H20N2O4S2. The van der Waals surface area contributed by atoms with Gasteiger partial charge < -0.3 is 11.1 Å². The van der Waals surface area contributed by atoms with Crippen LogP contribution in [0, 0.1) is 6.92 Å². The molecule has 0 aliphatic rings. The first-order valence-electron chi connectivity index (χ1n) is 7.50. The first-order valence-corrected chi connectivity index (χ1v) is 9.80. The molecule has 2 amide bonds. The molecule has 0 saturated carbocycles. The number of nitrogens with one attached hydrogen (secondary N) is 1. The molecule has 0 atom stereocenters. The van der Waals surface area contributed by atoms with Crippen LogP contribution in [-0.2, 0) is 9.84 Å². The number of benzene rings is 1. The summed E-state index contributed by atoms with van der Waals surface area (Å²) in [7, 11) is -3.66. The van der Waals surface area contributed by atoms with E-state index < -0.39 is 26.4 Å². The van der Waals surface area contributed by atoms with Crippen LogP contribution < -0.4 is 11.1 Å². The van der Waals surface area contributed by atoms with E-state index in [4.69, 9.17) is 5.73 Å². The Kier molecular flexibility index (Phi) is 5.06. The largest absolute Gasteiger partial charge is 0.366 e. The van der Waals surface area contributed by atoms with Crippen LogP contribution in [0.25, 0.3) is 0 Å². The molecule has 0 aliphatic heterocycles. The van der Waals surface area contributed by atoms with Crippen LogP contribution >= 0.6 is 11.3 Å². The molecule has 0 fully saturated rings. The van der Waals surface area contributed by atoms with Gasteiger partial charge in [-0.05, 0) is 45.4 Å². The Hall–Kier alpha value is -2.19. The van der Waals surface area contributed by atoms with Crippen molar-refractivity contribution < 1.29 is 18.0 Å². The van der Waals surface area contributed by atoms with Crippen LogP contribution in [0.2, 0.25) is 0 Å². The average Bonchev–Trinajstić information content (AvgIpc) is 2.91. The number of nitrogens with two attached hydrogens (primary N) is 1. The molecule has 6 nitrogen and oxygen atoms in total. The number of sulfone groups is 1. The van der Waals surface area contributed by atoms with E-state index in [0.29, 0.717) is 5.56 Å². The van der Waals surface area contributed by atoms with Crippen LogP contribution in [0.15, 0.2) is 34.5 Å². The van der Waals surface area contributed by atoms with E-state index in [9.17, 15) is 18.0 Å². The van der Waals surface area contributed by atoms with Crippen LogP contribution in [-0.4, -0.2) is 25.0 Å². The second kappa shape index (κ2) is 6.61. The summed E-state index contributed by atoms with van der Waals surface area (Å²) < 4.78 is 24.2. The maximum absolute atomic E-state index is 12.6. The molecule has 1 aromatic carbocycles. The number of thiophene rings is 1. The van der Waals surface area contributed by atoms with Crippen LogP contribution in [0.1, 0.15) is 47.1 Å². The van der Waals surface area contributed by atoms with Crippen molar-refractivity contribution in [2.45, 2.75) is 36.7 Å². The summed E-state index contributed by atoms with van der Waals surface area (Å²) >= 11 is 0.830. The number of carbonyl (C=O) groups excluding carboxylic acids is 2. The summed E-state index contributed by atoms with van der Waals surface area (Å²) in [5.41, 5.74) is 6.53. The summed E-state index contributed by atoms with van der Waals surface area (Å²) in [6, 6.07) is 8.19. The normalized spacial score (nSPS) is 12.0. The molecule has 0 radical (unpaired) electrons. The minimum absolute atomic E-state index is 0.00566. The highest BCUT2D eigenvalue weighted by Crippen LogP contribution is 2.36. The molecule has 2 rings (SSSR count). The van der Waals surface area contributed by atoms with Crippen LogP contribution in [0.4, 0.5) is 5.00 Å². The third-order valence-electron chi connectivity index (χ3n) is 3.66. The second-order valence-electron chi connectivity index (χ2n) is 6.56. The summed E-state index contributed by atoms with van der Waals surface area (Å²) in [6.45, 7) is 6.49. The van der Waals surface area contributed by atoms with Gasteiger partial charge in [0.15, 0.2) is 9.84 Å². The number of rotatable bonds is 4. The predicted molar refractivity (Wildman–Crippen MR) is 98.9 cm³/mol. The smallest absolute Gasteiger partial charge is 0.256 e. The first kappa shape index (κ1) is 19.1. The lowest BCUT2D eigenvalue weighted by Crippen LogP contribution is -2.27. The number of amides is 2. The number of primary amides is 1. The van der Waals surface area contributed by atoms with Gasteiger partial charge in [0, 0.05) is 5.56 Å². The number of aryl methyl sites for hydroxylation is 1. The minimum atomic E-state index is -3.66. The van der Waals surface area contributed by atoms with Gasteiger partial charge in [0.1, 0.15) is 9.21 Å². The molecule has 0 unspecified atom stereocenters. The van der Waals surface area contributed by atoms with Gasteiger partial charge in [0.25, 0.3) is 11.8 Å². The Morgan fingerprint density at radius 2 is 1.72 bits per heavy atom. The molecule has 1 heterocycles. The highest BCUT2D eigenvalue weighted by atomic mass is 32.2. The van der Waals surface area contributed by atoms with Gasteiger partial charge in [0.05, 0.1) is 10.3 Å². The van der Waals surface area contributed by atoms with Gasteiger partial charge in [-0.25, -0.2) is 8.42 Å². The lowest BCUT2D eigenvalue weighted by atomic mass is 10.1. The van der Waals surface area contributed by atoms with Crippen molar-refractivity contribution in [1.29, 1.82) is 0 Å². The van der Waals surface area contributed by atoms with Crippen molar-refractivity contribution in [2.24, 2.45) is 5.73 Å². The number of hydrogen-bond donors (Lipinski definition) is 2. The highest BCUT2D eigenvalue weighted by molar-refractivity contribution is 7.94. The average molecular weight is 380 g/mol. The highest BCUT2D eigenvalue weighted by Gasteiger charge is 2.34. The van der Waals surface area contributed by atoms with E-state index in [1.165, 1.54) is 6.07 Å². The van der Waals surface area contributed by atoms with Gasteiger partial charge in [-0.2, -0.15) is 0 Å². The monoisotopic (exact) mass is 380 g/mol. The van der Waals surface area contributed by atoms with E-state index in [1.54, 1.807) is 52.0 Å². The van der Waals surface area contributed by atoms with Crippen molar-refractivity contribution in [1.82, 2.24) is 0 Å². The first-order chi connectivity index (χ1) is 11.4. The molecule has 0 saturated heterocycles. The van der Waals surface area contributed by atoms with Crippen molar-refractivity contribution in [3.05, 3.63) is 47.0 Å². The molecule has 0 spiro atoms. The molecule has 0 bridgehead atoms. The predicted octanol–water partition coefficient (Wildman–Crippen LogP) is 2.98. The van der Waals surface area contributed by atoms with E-state index >= 15 is 0 Å². The molecular weight excluding hydrogens is 360 g/mol. The lowest BCUT2D eigenvalue weighted by molar-refractivity contribution is 0.100. The van der Waals surface area contributed by atoms with Crippen LogP contribution in [0.3, 0.4) is 0 Å². The number of hydrogen-bond acceptors (Lipinski definition) is 5. The zero-order chi connectivity index (χ0) is 19.0. The molecule has 8 heteroatoms. The van der Waals surface area contributed by atoms with E-state index in [2.05, 4.69) is 5.32 Å². The Morgan fingerprint density at radius 3 is 2.24 bits per heavy atom. The van der Waals surface area contributed by atoms with Crippen molar-refractivity contribution >= 4 is 38.0 Å². The summed E-state index contributed by atoms with van der Waals surface area (Å²) in [6.07, 6.45) is 0. The second-order valence-corrected chi connectivity index (χ2v) is 10.5. The van der Waals surface area contributed by atoms with Gasteiger partial charge >= 0.3 is 0 Å². The zero-order valence-electron chi connectivity index (χ0n) is 14.4. The van der Waals surface area contributed by atoms with Gasteiger partial charge in [-0.3, -0.25) is 9.59 Å². The molecule has 134 valence electrons. The standard InChI is InChI=1S/C17H20N2O4S2/c1-10-7-5-6-8-11(10)15(21)19-16-12(14(18)20)9-13(24-16)25(22,23)17(2,3)4/h5-9H,1-4H3,(H2,18,20)(H,19,21). The maximum Gasteiger partial charge on any atom is 0.256 e. The summed E-state index contributed by atoms with van der Waals surface area (Å²) in [4.78, 5) is 24.1. The topological polar surface area (TPSA) is 106 Å². The van der Waals surface area contributed by atoms with Gasteiger partial charge in [-0.1, -0.05) is 18.2 Å². The SMILES string of the molecule is Cc1ccccc1C(=O)Nc1sc(S(=O)(=O)C(C)(C)C)cc1C(N)=O. The minimum Gasteiger partial charge on any atom is -0.366 e.